The first-order chi connectivity index (χ1) is 7.27. The van der Waals surface area contributed by atoms with Crippen LogP contribution in [0.2, 0.25) is 0 Å². The highest BCUT2D eigenvalue weighted by molar-refractivity contribution is 7.80. The molecule has 0 aromatic heterocycles. The molecule has 0 spiro atoms. The SMILES string of the molecule is CCOc1ccc(C=CCCS)c(F)c1. The van der Waals surface area contributed by atoms with E-state index in [1.54, 1.807) is 18.2 Å². The number of rotatable bonds is 5. The van der Waals surface area contributed by atoms with Crippen molar-refractivity contribution in [3.05, 3.63) is 35.7 Å². The van der Waals surface area contributed by atoms with Gasteiger partial charge in [-0.1, -0.05) is 12.2 Å². The lowest BCUT2D eigenvalue weighted by molar-refractivity contribution is 0.338. The van der Waals surface area contributed by atoms with Crippen molar-refractivity contribution in [3.63, 3.8) is 0 Å². The van der Waals surface area contributed by atoms with E-state index >= 15 is 0 Å². The minimum absolute atomic E-state index is 0.253. The largest absolute Gasteiger partial charge is 0.494 e. The summed E-state index contributed by atoms with van der Waals surface area (Å²) in [6.07, 6.45) is 4.52. The summed E-state index contributed by atoms with van der Waals surface area (Å²) in [7, 11) is 0. The fraction of sp³-hybridized carbons (Fsp3) is 0.333. The molecule has 3 heteroatoms. The van der Waals surface area contributed by atoms with E-state index in [9.17, 15) is 4.39 Å². The molecule has 1 rings (SSSR count). The number of thiol groups is 1. The highest BCUT2D eigenvalue weighted by Gasteiger charge is 2.00. The molecule has 0 fully saturated rings. The van der Waals surface area contributed by atoms with Crippen molar-refractivity contribution in [2.75, 3.05) is 12.4 Å². The molecule has 0 aliphatic carbocycles. The van der Waals surface area contributed by atoms with Crippen LogP contribution in [0.4, 0.5) is 4.39 Å². The summed E-state index contributed by atoms with van der Waals surface area (Å²) in [5.74, 6) is 1.09. The molecule has 0 saturated heterocycles. The Labute approximate surface area is 95.4 Å². The third-order valence-corrected chi connectivity index (χ3v) is 2.13. The highest BCUT2D eigenvalue weighted by Crippen LogP contribution is 2.17. The second kappa shape index (κ2) is 6.51. The van der Waals surface area contributed by atoms with E-state index in [1.165, 1.54) is 6.07 Å². The third kappa shape index (κ3) is 3.96. The predicted molar refractivity (Wildman–Crippen MR) is 65.1 cm³/mol. The monoisotopic (exact) mass is 226 g/mol. The van der Waals surface area contributed by atoms with E-state index in [-0.39, 0.29) is 5.82 Å². The Morgan fingerprint density at radius 3 is 2.87 bits per heavy atom. The van der Waals surface area contributed by atoms with E-state index in [1.807, 2.05) is 13.0 Å². The molecule has 1 aromatic rings. The Kier molecular flexibility index (Phi) is 5.26. The van der Waals surface area contributed by atoms with Crippen LogP contribution in [0.1, 0.15) is 18.9 Å². The Balaban J connectivity index is 2.74. The van der Waals surface area contributed by atoms with Crippen LogP contribution in [0.5, 0.6) is 5.75 Å². The van der Waals surface area contributed by atoms with Crippen molar-refractivity contribution < 1.29 is 9.13 Å². The van der Waals surface area contributed by atoms with Gasteiger partial charge in [0.1, 0.15) is 11.6 Å². The van der Waals surface area contributed by atoms with E-state index in [0.29, 0.717) is 17.9 Å². The smallest absolute Gasteiger partial charge is 0.134 e. The summed E-state index contributed by atoms with van der Waals surface area (Å²) in [5.41, 5.74) is 0.584. The summed E-state index contributed by atoms with van der Waals surface area (Å²) >= 11 is 4.07. The first-order valence-corrected chi connectivity index (χ1v) is 5.61. The van der Waals surface area contributed by atoms with E-state index < -0.39 is 0 Å². The zero-order valence-electron chi connectivity index (χ0n) is 8.74. The Morgan fingerprint density at radius 2 is 2.27 bits per heavy atom. The Hall–Kier alpha value is -0.960. The van der Waals surface area contributed by atoms with Crippen molar-refractivity contribution in [3.8, 4) is 5.75 Å². The maximum absolute atomic E-state index is 13.5. The summed E-state index contributed by atoms with van der Waals surface area (Å²) in [6.45, 7) is 2.42. The normalized spacial score (nSPS) is 10.9. The fourth-order valence-corrected chi connectivity index (χ4v) is 1.33. The second-order valence-corrected chi connectivity index (χ2v) is 3.48. The molecule has 0 heterocycles. The molecule has 0 N–H and O–H groups in total. The van der Waals surface area contributed by atoms with Crippen LogP contribution in [0.3, 0.4) is 0 Å². The molecule has 0 atom stereocenters. The van der Waals surface area contributed by atoms with Crippen molar-refractivity contribution in [1.29, 1.82) is 0 Å². The topological polar surface area (TPSA) is 9.23 Å². The Bertz CT molecular complexity index is 336. The molecular weight excluding hydrogens is 211 g/mol. The molecule has 82 valence electrons. The molecule has 0 radical (unpaired) electrons. The average Bonchev–Trinajstić information content (AvgIpc) is 2.22. The zero-order valence-corrected chi connectivity index (χ0v) is 9.64. The molecule has 15 heavy (non-hydrogen) atoms. The minimum atomic E-state index is -0.253. The molecule has 0 saturated carbocycles. The summed E-state index contributed by atoms with van der Waals surface area (Å²) < 4.78 is 18.6. The van der Waals surface area contributed by atoms with Crippen LogP contribution in [0.25, 0.3) is 6.08 Å². The molecule has 0 bridgehead atoms. The van der Waals surface area contributed by atoms with E-state index in [2.05, 4.69) is 12.6 Å². The van der Waals surface area contributed by atoms with Crippen LogP contribution in [0, 0.1) is 5.82 Å². The van der Waals surface area contributed by atoms with Crippen molar-refractivity contribution >= 4 is 18.7 Å². The van der Waals surface area contributed by atoms with Gasteiger partial charge in [-0.2, -0.15) is 12.6 Å². The van der Waals surface area contributed by atoms with Gasteiger partial charge in [-0.05, 0) is 31.2 Å². The molecule has 0 aliphatic heterocycles. The summed E-state index contributed by atoms with van der Waals surface area (Å²) in [5, 5.41) is 0. The predicted octanol–water partition coefficient (Wildman–Crippen LogP) is 3.56. The van der Waals surface area contributed by atoms with Crippen molar-refractivity contribution in [1.82, 2.24) is 0 Å². The quantitative estimate of drug-likeness (QED) is 0.755. The van der Waals surface area contributed by atoms with Gasteiger partial charge in [-0.25, -0.2) is 4.39 Å². The number of halogens is 1. The van der Waals surface area contributed by atoms with Gasteiger partial charge < -0.3 is 4.74 Å². The first kappa shape index (κ1) is 12.1. The third-order valence-electron chi connectivity index (χ3n) is 1.88. The van der Waals surface area contributed by atoms with Gasteiger partial charge in [0.15, 0.2) is 0 Å². The molecule has 1 nitrogen and oxygen atoms in total. The maximum atomic E-state index is 13.5. The highest BCUT2D eigenvalue weighted by atomic mass is 32.1. The van der Waals surface area contributed by atoms with Gasteiger partial charge in [-0.15, -0.1) is 0 Å². The first-order valence-electron chi connectivity index (χ1n) is 4.97. The lowest BCUT2D eigenvalue weighted by Gasteiger charge is -2.03. The van der Waals surface area contributed by atoms with Crippen molar-refractivity contribution in [2.24, 2.45) is 0 Å². The maximum Gasteiger partial charge on any atom is 0.134 e. The Morgan fingerprint density at radius 1 is 1.47 bits per heavy atom. The van der Waals surface area contributed by atoms with Crippen LogP contribution in [-0.2, 0) is 0 Å². The summed E-state index contributed by atoms with van der Waals surface area (Å²) in [4.78, 5) is 0. The lowest BCUT2D eigenvalue weighted by Crippen LogP contribution is -1.92. The van der Waals surface area contributed by atoms with Gasteiger partial charge in [0.2, 0.25) is 0 Å². The van der Waals surface area contributed by atoms with Gasteiger partial charge >= 0.3 is 0 Å². The molecule has 0 aliphatic rings. The van der Waals surface area contributed by atoms with Crippen LogP contribution in [-0.4, -0.2) is 12.4 Å². The number of ether oxygens (including phenoxy) is 1. The van der Waals surface area contributed by atoms with Crippen LogP contribution in [0.15, 0.2) is 24.3 Å². The van der Waals surface area contributed by atoms with Gasteiger partial charge in [0.05, 0.1) is 6.61 Å². The van der Waals surface area contributed by atoms with Crippen LogP contribution >= 0.6 is 12.6 Å². The van der Waals surface area contributed by atoms with Gasteiger partial charge in [0, 0.05) is 11.6 Å². The fourth-order valence-electron chi connectivity index (χ4n) is 1.18. The number of allylic oxidation sites excluding steroid dienone is 1. The second-order valence-electron chi connectivity index (χ2n) is 3.03. The lowest BCUT2D eigenvalue weighted by atomic mass is 10.2. The van der Waals surface area contributed by atoms with Gasteiger partial charge in [0.25, 0.3) is 0 Å². The van der Waals surface area contributed by atoms with Gasteiger partial charge in [-0.3, -0.25) is 0 Å². The number of hydrogen-bond donors (Lipinski definition) is 1. The minimum Gasteiger partial charge on any atom is -0.494 e. The van der Waals surface area contributed by atoms with Crippen LogP contribution < -0.4 is 4.74 Å². The molecular formula is C12H15FOS. The van der Waals surface area contributed by atoms with Crippen molar-refractivity contribution in [2.45, 2.75) is 13.3 Å². The number of benzene rings is 1. The summed E-state index contributed by atoms with van der Waals surface area (Å²) in [6, 6.07) is 4.90. The van der Waals surface area contributed by atoms with E-state index in [0.717, 1.165) is 12.2 Å². The molecule has 0 unspecified atom stereocenters. The average molecular weight is 226 g/mol. The molecule has 1 aromatic carbocycles. The molecule has 0 amide bonds. The standard InChI is InChI=1S/C12H15FOS/c1-2-14-11-7-6-10(12(13)9-11)5-3-4-8-15/h3,5-7,9,15H,2,4,8H2,1H3. The zero-order chi connectivity index (χ0) is 11.1. The number of hydrogen-bond acceptors (Lipinski definition) is 2. The van der Waals surface area contributed by atoms with E-state index in [4.69, 9.17) is 4.74 Å².